The van der Waals surface area contributed by atoms with Crippen LogP contribution in [-0.4, -0.2) is 28.0 Å². The molecule has 0 fully saturated rings. The standard InChI is InChI=1S/C17H15N3O2/c1-2-22-17(21)16-15(18-20-19-16)14-11-7-6-10-13(14)12-8-4-3-5-9-12/h3-11H,2H2,1H3,(H,18,19,20). The average Bonchev–Trinajstić information content (AvgIpc) is 3.05. The van der Waals surface area contributed by atoms with E-state index in [2.05, 4.69) is 15.4 Å². The monoisotopic (exact) mass is 293 g/mol. The van der Waals surface area contributed by atoms with E-state index in [0.29, 0.717) is 12.3 Å². The van der Waals surface area contributed by atoms with Crippen molar-refractivity contribution in [2.45, 2.75) is 6.92 Å². The normalized spacial score (nSPS) is 10.4. The molecule has 0 aliphatic carbocycles. The predicted octanol–water partition coefficient (Wildman–Crippen LogP) is 3.32. The topological polar surface area (TPSA) is 67.9 Å². The van der Waals surface area contributed by atoms with E-state index in [1.807, 2.05) is 54.6 Å². The summed E-state index contributed by atoms with van der Waals surface area (Å²) < 4.78 is 5.03. The van der Waals surface area contributed by atoms with Gasteiger partial charge in [-0.25, -0.2) is 4.79 Å². The summed E-state index contributed by atoms with van der Waals surface area (Å²) in [6.45, 7) is 2.06. The summed E-state index contributed by atoms with van der Waals surface area (Å²) in [5.74, 6) is -0.478. The fraction of sp³-hybridized carbons (Fsp3) is 0.118. The van der Waals surface area contributed by atoms with Gasteiger partial charge in [-0.1, -0.05) is 54.6 Å². The van der Waals surface area contributed by atoms with Crippen LogP contribution in [0.4, 0.5) is 0 Å². The zero-order valence-electron chi connectivity index (χ0n) is 12.1. The fourth-order valence-electron chi connectivity index (χ4n) is 2.32. The summed E-state index contributed by atoms with van der Waals surface area (Å²) >= 11 is 0. The van der Waals surface area contributed by atoms with E-state index in [1.54, 1.807) is 6.92 Å². The number of rotatable bonds is 4. The Hall–Kier alpha value is -2.95. The maximum absolute atomic E-state index is 12.0. The van der Waals surface area contributed by atoms with Gasteiger partial charge in [-0.2, -0.15) is 10.3 Å². The molecule has 1 N–H and O–H groups in total. The molecule has 0 spiro atoms. The van der Waals surface area contributed by atoms with Gasteiger partial charge in [0.2, 0.25) is 0 Å². The molecule has 0 bridgehead atoms. The third-order valence-electron chi connectivity index (χ3n) is 3.28. The van der Waals surface area contributed by atoms with Gasteiger partial charge in [-0.3, -0.25) is 0 Å². The van der Waals surface area contributed by atoms with Crippen LogP contribution in [-0.2, 0) is 4.74 Å². The second-order valence-electron chi connectivity index (χ2n) is 4.65. The van der Waals surface area contributed by atoms with Crippen molar-refractivity contribution in [1.82, 2.24) is 15.4 Å². The summed E-state index contributed by atoms with van der Waals surface area (Å²) in [5, 5.41) is 10.6. The van der Waals surface area contributed by atoms with Crippen molar-refractivity contribution >= 4 is 5.97 Å². The number of benzene rings is 2. The van der Waals surface area contributed by atoms with E-state index in [9.17, 15) is 4.79 Å². The van der Waals surface area contributed by atoms with E-state index in [0.717, 1.165) is 16.7 Å². The number of ether oxygens (including phenoxy) is 1. The highest BCUT2D eigenvalue weighted by Gasteiger charge is 2.21. The van der Waals surface area contributed by atoms with E-state index in [4.69, 9.17) is 4.74 Å². The number of H-pyrrole nitrogens is 1. The minimum atomic E-state index is -0.478. The number of carbonyl (C=O) groups is 1. The van der Waals surface area contributed by atoms with E-state index in [-0.39, 0.29) is 5.69 Å². The zero-order valence-corrected chi connectivity index (χ0v) is 12.1. The molecule has 0 saturated heterocycles. The van der Waals surface area contributed by atoms with Crippen LogP contribution in [0.25, 0.3) is 22.4 Å². The molecular formula is C17H15N3O2. The van der Waals surface area contributed by atoms with Crippen molar-refractivity contribution in [2.75, 3.05) is 6.61 Å². The predicted molar refractivity (Wildman–Crippen MR) is 83.2 cm³/mol. The number of hydrogen-bond donors (Lipinski definition) is 1. The van der Waals surface area contributed by atoms with Crippen molar-refractivity contribution in [3.05, 3.63) is 60.3 Å². The van der Waals surface area contributed by atoms with Crippen molar-refractivity contribution in [2.24, 2.45) is 0 Å². The van der Waals surface area contributed by atoms with Gasteiger partial charge < -0.3 is 4.74 Å². The Morgan fingerprint density at radius 1 is 1.00 bits per heavy atom. The van der Waals surface area contributed by atoms with E-state index < -0.39 is 5.97 Å². The number of carbonyl (C=O) groups excluding carboxylic acids is 1. The number of aromatic amines is 1. The van der Waals surface area contributed by atoms with Crippen molar-refractivity contribution < 1.29 is 9.53 Å². The van der Waals surface area contributed by atoms with E-state index >= 15 is 0 Å². The first kappa shape index (κ1) is 14.0. The number of aromatic nitrogens is 3. The Bertz CT molecular complexity index is 781. The minimum absolute atomic E-state index is 0.199. The second-order valence-corrected chi connectivity index (χ2v) is 4.65. The highest BCUT2D eigenvalue weighted by Crippen LogP contribution is 2.32. The van der Waals surface area contributed by atoms with Gasteiger partial charge in [0.05, 0.1) is 6.61 Å². The Labute approximate surface area is 128 Å². The van der Waals surface area contributed by atoms with Crippen LogP contribution >= 0.6 is 0 Å². The van der Waals surface area contributed by atoms with Crippen molar-refractivity contribution in [1.29, 1.82) is 0 Å². The van der Waals surface area contributed by atoms with Crippen molar-refractivity contribution in [3.8, 4) is 22.4 Å². The largest absolute Gasteiger partial charge is 0.461 e. The summed E-state index contributed by atoms with van der Waals surface area (Å²) in [4.78, 5) is 12.0. The van der Waals surface area contributed by atoms with E-state index in [1.165, 1.54) is 0 Å². The molecule has 0 amide bonds. The molecule has 1 aromatic heterocycles. The van der Waals surface area contributed by atoms with Gasteiger partial charge in [0.15, 0.2) is 5.69 Å². The van der Waals surface area contributed by atoms with Crippen LogP contribution in [0.5, 0.6) is 0 Å². The zero-order chi connectivity index (χ0) is 15.4. The smallest absolute Gasteiger partial charge is 0.361 e. The molecule has 2 aromatic carbocycles. The Balaban J connectivity index is 2.11. The lowest BCUT2D eigenvalue weighted by atomic mass is 9.97. The van der Waals surface area contributed by atoms with Crippen LogP contribution in [0.2, 0.25) is 0 Å². The number of hydrogen-bond acceptors (Lipinski definition) is 4. The molecule has 0 saturated carbocycles. The van der Waals surface area contributed by atoms with Crippen LogP contribution in [0.3, 0.4) is 0 Å². The highest BCUT2D eigenvalue weighted by atomic mass is 16.5. The molecule has 0 atom stereocenters. The van der Waals surface area contributed by atoms with Crippen LogP contribution < -0.4 is 0 Å². The summed E-state index contributed by atoms with van der Waals surface area (Å²) in [6, 6.07) is 17.7. The van der Waals surface area contributed by atoms with Crippen molar-refractivity contribution in [3.63, 3.8) is 0 Å². The number of nitrogens with zero attached hydrogens (tertiary/aromatic N) is 2. The molecular weight excluding hydrogens is 278 g/mol. The van der Waals surface area contributed by atoms with Gasteiger partial charge >= 0.3 is 5.97 Å². The molecule has 1 heterocycles. The first-order valence-electron chi connectivity index (χ1n) is 7.04. The Morgan fingerprint density at radius 3 is 2.41 bits per heavy atom. The molecule has 0 aliphatic heterocycles. The molecule has 0 radical (unpaired) electrons. The molecule has 22 heavy (non-hydrogen) atoms. The Kier molecular flexibility index (Phi) is 3.96. The first-order chi connectivity index (χ1) is 10.8. The molecule has 3 rings (SSSR count). The lowest BCUT2D eigenvalue weighted by Gasteiger charge is -2.08. The quantitative estimate of drug-likeness (QED) is 0.749. The van der Waals surface area contributed by atoms with Gasteiger partial charge in [0.25, 0.3) is 0 Å². The summed E-state index contributed by atoms with van der Waals surface area (Å²) in [7, 11) is 0. The second kappa shape index (κ2) is 6.22. The number of esters is 1. The molecule has 5 heteroatoms. The third-order valence-corrected chi connectivity index (χ3v) is 3.28. The van der Waals surface area contributed by atoms with Gasteiger partial charge in [0.1, 0.15) is 5.69 Å². The van der Waals surface area contributed by atoms with Gasteiger partial charge in [-0.05, 0) is 18.1 Å². The Morgan fingerprint density at radius 2 is 1.68 bits per heavy atom. The fourth-order valence-corrected chi connectivity index (χ4v) is 2.32. The third kappa shape index (κ3) is 2.61. The molecule has 0 unspecified atom stereocenters. The highest BCUT2D eigenvalue weighted by molar-refractivity contribution is 5.96. The van der Waals surface area contributed by atoms with Crippen LogP contribution in [0, 0.1) is 0 Å². The molecule has 110 valence electrons. The molecule has 0 aliphatic rings. The average molecular weight is 293 g/mol. The molecule has 5 nitrogen and oxygen atoms in total. The maximum atomic E-state index is 12.0. The number of nitrogens with one attached hydrogen (secondary N) is 1. The lowest BCUT2D eigenvalue weighted by molar-refractivity contribution is 0.0520. The maximum Gasteiger partial charge on any atom is 0.361 e. The summed E-state index contributed by atoms with van der Waals surface area (Å²) in [6.07, 6.45) is 0. The van der Waals surface area contributed by atoms with Gasteiger partial charge in [-0.15, -0.1) is 5.10 Å². The van der Waals surface area contributed by atoms with Crippen LogP contribution in [0.15, 0.2) is 54.6 Å². The lowest BCUT2D eigenvalue weighted by Crippen LogP contribution is -2.07. The first-order valence-corrected chi connectivity index (χ1v) is 7.04. The SMILES string of the molecule is CCOC(=O)c1n[nH]nc1-c1ccccc1-c1ccccc1. The minimum Gasteiger partial charge on any atom is -0.461 e. The summed E-state index contributed by atoms with van der Waals surface area (Å²) in [5.41, 5.74) is 3.58. The molecule has 3 aromatic rings. The van der Waals surface area contributed by atoms with Gasteiger partial charge in [0, 0.05) is 5.56 Å². The van der Waals surface area contributed by atoms with Crippen LogP contribution in [0.1, 0.15) is 17.4 Å².